The predicted molar refractivity (Wildman–Crippen MR) is 108 cm³/mol. The summed E-state index contributed by atoms with van der Waals surface area (Å²) in [5.74, 6) is 0.535. The minimum absolute atomic E-state index is 0.244. The van der Waals surface area contributed by atoms with E-state index in [0.29, 0.717) is 0 Å². The Morgan fingerprint density at radius 1 is 1.00 bits per heavy atom. The quantitative estimate of drug-likeness (QED) is 0.699. The van der Waals surface area contributed by atoms with E-state index in [1.807, 2.05) is 67.6 Å². The van der Waals surface area contributed by atoms with Gasteiger partial charge in [0.15, 0.2) is 0 Å². The van der Waals surface area contributed by atoms with E-state index < -0.39 is 5.54 Å². The Morgan fingerprint density at radius 3 is 2.50 bits per heavy atom. The predicted octanol–water partition coefficient (Wildman–Crippen LogP) is 4.12. The van der Waals surface area contributed by atoms with Gasteiger partial charge in [-0.3, -0.25) is 9.69 Å². The summed E-state index contributed by atoms with van der Waals surface area (Å²) in [4.78, 5) is 27.1. The van der Waals surface area contributed by atoms with Gasteiger partial charge in [0.05, 0.1) is 13.7 Å². The molecule has 3 amide bonds. The number of fused-ring (bicyclic) bond motifs is 1. The second kappa shape index (κ2) is 6.68. The lowest BCUT2D eigenvalue weighted by atomic mass is 9.90. The van der Waals surface area contributed by atoms with Crippen LogP contribution in [0.2, 0.25) is 0 Å². The van der Waals surface area contributed by atoms with Gasteiger partial charge in [-0.05, 0) is 53.9 Å². The lowest BCUT2D eigenvalue weighted by Crippen LogP contribution is -2.40. The highest BCUT2D eigenvalue weighted by Crippen LogP contribution is 2.32. The zero-order valence-electron chi connectivity index (χ0n) is 16.2. The fourth-order valence-corrected chi connectivity index (χ4v) is 3.69. The molecule has 1 N–H and O–H groups in total. The van der Waals surface area contributed by atoms with Crippen LogP contribution >= 0.6 is 0 Å². The number of hydrogen-bond donors (Lipinski definition) is 1. The Kier molecular flexibility index (Phi) is 4.30. The maximum atomic E-state index is 13.2. The molecule has 3 aromatic rings. The van der Waals surface area contributed by atoms with Crippen LogP contribution in [0.15, 0.2) is 60.7 Å². The summed E-state index contributed by atoms with van der Waals surface area (Å²) in [5, 5.41) is 4.88. The van der Waals surface area contributed by atoms with Crippen molar-refractivity contribution in [3.05, 3.63) is 77.4 Å². The maximum absolute atomic E-state index is 13.2. The first-order valence-electron chi connectivity index (χ1n) is 9.19. The first-order valence-corrected chi connectivity index (χ1v) is 9.19. The zero-order chi connectivity index (χ0) is 19.9. The molecule has 0 spiro atoms. The molecule has 1 aliphatic rings. The maximum Gasteiger partial charge on any atom is 0.325 e. The van der Waals surface area contributed by atoms with Crippen LogP contribution in [0.5, 0.6) is 5.75 Å². The molecule has 0 saturated carbocycles. The molecule has 0 aromatic heterocycles. The average Bonchev–Trinajstić information content (AvgIpc) is 2.91. The molecule has 1 saturated heterocycles. The Hall–Kier alpha value is -3.34. The summed E-state index contributed by atoms with van der Waals surface area (Å²) >= 11 is 0. The van der Waals surface area contributed by atoms with Crippen LogP contribution in [0, 0.1) is 6.92 Å². The number of nitrogens with one attached hydrogen (secondary N) is 1. The van der Waals surface area contributed by atoms with Gasteiger partial charge >= 0.3 is 6.03 Å². The van der Waals surface area contributed by atoms with E-state index in [2.05, 4.69) is 5.32 Å². The van der Waals surface area contributed by atoms with Crippen molar-refractivity contribution in [2.45, 2.75) is 25.9 Å². The Bertz CT molecular complexity index is 1090. The van der Waals surface area contributed by atoms with Crippen LogP contribution in [0.1, 0.15) is 23.6 Å². The number of carbonyl (C=O) groups is 2. The van der Waals surface area contributed by atoms with Crippen LogP contribution in [-0.4, -0.2) is 23.9 Å². The van der Waals surface area contributed by atoms with E-state index in [4.69, 9.17) is 4.74 Å². The number of nitrogens with zero attached hydrogens (tertiary/aromatic N) is 1. The highest BCUT2D eigenvalue weighted by atomic mass is 16.5. The molecule has 0 bridgehead atoms. The molecular formula is C23H22N2O3. The van der Waals surface area contributed by atoms with Gasteiger partial charge in [-0.25, -0.2) is 4.79 Å². The van der Waals surface area contributed by atoms with Crippen molar-refractivity contribution in [3.8, 4) is 5.75 Å². The Labute approximate surface area is 163 Å². The Morgan fingerprint density at radius 2 is 1.75 bits per heavy atom. The van der Waals surface area contributed by atoms with Gasteiger partial charge in [-0.1, -0.05) is 48.0 Å². The van der Waals surface area contributed by atoms with Gasteiger partial charge in [-0.2, -0.15) is 0 Å². The van der Waals surface area contributed by atoms with Crippen LogP contribution in [0.3, 0.4) is 0 Å². The fraction of sp³-hybridized carbons (Fsp3) is 0.217. The van der Waals surface area contributed by atoms with Crippen molar-refractivity contribution in [2.24, 2.45) is 0 Å². The lowest BCUT2D eigenvalue weighted by molar-refractivity contribution is -0.131. The summed E-state index contributed by atoms with van der Waals surface area (Å²) in [6.45, 7) is 4.00. The van der Waals surface area contributed by atoms with Crippen LogP contribution in [0.25, 0.3) is 10.8 Å². The molecule has 3 aromatic carbocycles. The second-order valence-electron chi connectivity index (χ2n) is 7.36. The summed E-state index contributed by atoms with van der Waals surface area (Å²) < 4.78 is 5.26. The van der Waals surface area contributed by atoms with E-state index in [0.717, 1.165) is 33.2 Å². The zero-order valence-corrected chi connectivity index (χ0v) is 16.2. The summed E-state index contributed by atoms with van der Waals surface area (Å²) in [6, 6.07) is 19.0. The molecule has 1 unspecified atom stereocenters. The average molecular weight is 374 g/mol. The van der Waals surface area contributed by atoms with Gasteiger partial charge in [0.1, 0.15) is 11.3 Å². The van der Waals surface area contributed by atoms with Gasteiger partial charge in [0.25, 0.3) is 5.91 Å². The van der Waals surface area contributed by atoms with Crippen molar-refractivity contribution in [1.82, 2.24) is 10.2 Å². The highest BCUT2D eigenvalue weighted by Gasteiger charge is 2.48. The van der Waals surface area contributed by atoms with E-state index in [1.165, 1.54) is 4.90 Å². The van der Waals surface area contributed by atoms with Crippen molar-refractivity contribution in [2.75, 3.05) is 7.11 Å². The number of ether oxygens (including phenoxy) is 1. The molecule has 1 heterocycles. The SMILES string of the molecule is COc1ccc2cc(C3(C)NC(=O)N(Cc4cccc(C)c4)C3=O)ccc2c1. The molecule has 1 atom stereocenters. The molecule has 4 rings (SSSR count). The highest BCUT2D eigenvalue weighted by molar-refractivity contribution is 6.07. The molecule has 5 heteroatoms. The largest absolute Gasteiger partial charge is 0.497 e. The molecule has 5 nitrogen and oxygen atoms in total. The van der Waals surface area contributed by atoms with E-state index in [-0.39, 0.29) is 18.5 Å². The molecule has 1 fully saturated rings. The van der Waals surface area contributed by atoms with Gasteiger partial charge in [-0.15, -0.1) is 0 Å². The number of methoxy groups -OCH3 is 1. The first-order chi connectivity index (χ1) is 13.4. The Balaban J connectivity index is 1.66. The summed E-state index contributed by atoms with van der Waals surface area (Å²) in [5.41, 5.74) is 1.69. The molecule has 28 heavy (non-hydrogen) atoms. The van der Waals surface area contributed by atoms with Gasteiger partial charge in [0.2, 0.25) is 0 Å². The number of urea groups is 1. The van der Waals surface area contributed by atoms with E-state index in [9.17, 15) is 9.59 Å². The molecule has 142 valence electrons. The third-order valence-corrected chi connectivity index (χ3v) is 5.32. The number of aryl methyl sites for hydroxylation is 1. The van der Waals surface area contributed by atoms with Crippen LogP contribution in [-0.2, 0) is 16.9 Å². The van der Waals surface area contributed by atoms with Gasteiger partial charge in [0, 0.05) is 0 Å². The van der Waals surface area contributed by atoms with Crippen LogP contribution in [0.4, 0.5) is 4.79 Å². The smallest absolute Gasteiger partial charge is 0.325 e. The number of rotatable bonds is 4. The normalized spacial score (nSPS) is 19.2. The summed E-state index contributed by atoms with van der Waals surface area (Å²) in [6.07, 6.45) is 0. The standard InChI is InChI=1S/C23H22N2O3/c1-15-5-4-6-16(11-15)14-25-21(26)23(2,24-22(25)27)19-9-7-18-13-20(28-3)10-8-17(18)12-19/h4-13H,14H2,1-3H3,(H,24,27). The third-order valence-electron chi connectivity index (χ3n) is 5.32. The lowest BCUT2D eigenvalue weighted by Gasteiger charge is -2.23. The second-order valence-corrected chi connectivity index (χ2v) is 7.36. The van der Waals surface area contributed by atoms with Crippen molar-refractivity contribution in [1.29, 1.82) is 0 Å². The number of amides is 3. The molecular weight excluding hydrogens is 352 g/mol. The van der Waals surface area contributed by atoms with Crippen molar-refractivity contribution < 1.29 is 14.3 Å². The minimum Gasteiger partial charge on any atom is -0.497 e. The summed E-state index contributed by atoms with van der Waals surface area (Å²) in [7, 11) is 1.63. The van der Waals surface area contributed by atoms with Gasteiger partial charge < -0.3 is 10.1 Å². The molecule has 1 aliphatic heterocycles. The van der Waals surface area contributed by atoms with E-state index >= 15 is 0 Å². The number of benzene rings is 3. The topological polar surface area (TPSA) is 58.6 Å². The van der Waals surface area contributed by atoms with Crippen LogP contribution < -0.4 is 10.1 Å². The van der Waals surface area contributed by atoms with E-state index in [1.54, 1.807) is 14.0 Å². The third kappa shape index (κ3) is 2.99. The monoisotopic (exact) mass is 374 g/mol. The van der Waals surface area contributed by atoms with Crippen molar-refractivity contribution >= 4 is 22.7 Å². The fourth-order valence-electron chi connectivity index (χ4n) is 3.69. The molecule has 0 aliphatic carbocycles. The number of hydrogen-bond acceptors (Lipinski definition) is 3. The minimum atomic E-state index is -1.09. The molecule has 0 radical (unpaired) electrons. The van der Waals surface area contributed by atoms with Crippen molar-refractivity contribution in [3.63, 3.8) is 0 Å². The number of carbonyl (C=O) groups excluding carboxylic acids is 2. The first kappa shape index (κ1) is 18.0. The number of imide groups is 1.